The van der Waals surface area contributed by atoms with E-state index in [9.17, 15) is 9.18 Å². The topological polar surface area (TPSA) is 44.4 Å². The fourth-order valence-corrected chi connectivity index (χ4v) is 1.51. The highest BCUT2D eigenvalue weighted by atomic mass is 19.1. The van der Waals surface area contributed by atoms with E-state index in [2.05, 4.69) is 10.6 Å². The molecule has 0 spiro atoms. The number of rotatable bonds is 5. The zero-order valence-corrected chi connectivity index (χ0v) is 11.2. The third-order valence-electron chi connectivity index (χ3n) is 2.72. The zero-order valence-electron chi connectivity index (χ0n) is 11.2. The standard InChI is InChI=1S/C13H20FN3O/c1-9(2)17(4)12-6-5-10(7-11(12)14)16-13(18)8-15-3/h5-7,9,15H,8H2,1-4H3,(H,16,18). The first kappa shape index (κ1) is 14.4. The normalized spacial score (nSPS) is 10.6. The second-order valence-corrected chi connectivity index (χ2v) is 4.45. The monoisotopic (exact) mass is 253 g/mol. The van der Waals surface area contributed by atoms with Crippen molar-refractivity contribution in [3.8, 4) is 0 Å². The van der Waals surface area contributed by atoms with E-state index in [1.54, 1.807) is 19.2 Å². The summed E-state index contributed by atoms with van der Waals surface area (Å²) in [5, 5.41) is 5.35. The Morgan fingerprint density at radius 1 is 1.44 bits per heavy atom. The number of anilines is 2. The van der Waals surface area contributed by atoms with Crippen LogP contribution in [-0.4, -0.2) is 32.6 Å². The summed E-state index contributed by atoms with van der Waals surface area (Å²) in [6, 6.07) is 4.92. The average molecular weight is 253 g/mol. The number of carbonyl (C=O) groups is 1. The van der Waals surface area contributed by atoms with E-state index in [0.717, 1.165) is 0 Å². The molecule has 0 aliphatic rings. The summed E-state index contributed by atoms with van der Waals surface area (Å²) >= 11 is 0. The Morgan fingerprint density at radius 2 is 2.11 bits per heavy atom. The van der Waals surface area contributed by atoms with Crippen LogP contribution >= 0.6 is 0 Å². The molecule has 0 radical (unpaired) electrons. The molecule has 1 aromatic rings. The number of carbonyl (C=O) groups excluding carboxylic acids is 1. The molecule has 0 saturated heterocycles. The lowest BCUT2D eigenvalue weighted by molar-refractivity contribution is -0.115. The fraction of sp³-hybridized carbons (Fsp3) is 0.462. The second-order valence-electron chi connectivity index (χ2n) is 4.45. The number of hydrogen-bond donors (Lipinski definition) is 2. The molecule has 100 valence electrons. The molecule has 0 aliphatic carbocycles. The molecule has 4 nitrogen and oxygen atoms in total. The molecular formula is C13H20FN3O. The molecule has 0 saturated carbocycles. The highest BCUT2D eigenvalue weighted by Crippen LogP contribution is 2.23. The van der Waals surface area contributed by atoms with E-state index in [1.165, 1.54) is 6.07 Å². The van der Waals surface area contributed by atoms with Gasteiger partial charge in [0.25, 0.3) is 0 Å². The van der Waals surface area contributed by atoms with Gasteiger partial charge in [0.2, 0.25) is 5.91 Å². The summed E-state index contributed by atoms with van der Waals surface area (Å²) < 4.78 is 13.9. The fourth-order valence-electron chi connectivity index (χ4n) is 1.51. The molecule has 0 heterocycles. The summed E-state index contributed by atoms with van der Waals surface area (Å²) in [6.45, 7) is 4.18. The third kappa shape index (κ3) is 3.70. The van der Waals surface area contributed by atoms with Crippen molar-refractivity contribution in [1.29, 1.82) is 0 Å². The van der Waals surface area contributed by atoms with Gasteiger partial charge in [0.05, 0.1) is 12.2 Å². The molecule has 2 N–H and O–H groups in total. The Labute approximate surface area is 107 Å². The van der Waals surface area contributed by atoms with Crippen molar-refractivity contribution in [3.05, 3.63) is 24.0 Å². The maximum atomic E-state index is 13.9. The lowest BCUT2D eigenvalue weighted by Gasteiger charge is -2.24. The van der Waals surface area contributed by atoms with Gasteiger partial charge in [-0.25, -0.2) is 4.39 Å². The van der Waals surface area contributed by atoms with Gasteiger partial charge < -0.3 is 15.5 Å². The van der Waals surface area contributed by atoms with E-state index in [1.807, 2.05) is 25.8 Å². The molecule has 0 atom stereocenters. The summed E-state index contributed by atoms with van der Waals surface area (Å²) in [4.78, 5) is 13.2. The lowest BCUT2D eigenvalue weighted by atomic mass is 10.2. The predicted molar refractivity (Wildman–Crippen MR) is 72.5 cm³/mol. The maximum Gasteiger partial charge on any atom is 0.238 e. The Bertz CT molecular complexity index is 421. The van der Waals surface area contributed by atoms with Crippen LogP contribution in [0.1, 0.15) is 13.8 Å². The molecule has 0 bridgehead atoms. The molecule has 0 aromatic heterocycles. The van der Waals surface area contributed by atoms with Crippen LogP contribution in [0.5, 0.6) is 0 Å². The number of hydrogen-bond acceptors (Lipinski definition) is 3. The van der Waals surface area contributed by atoms with Crippen LogP contribution in [0.2, 0.25) is 0 Å². The van der Waals surface area contributed by atoms with E-state index in [-0.39, 0.29) is 24.3 Å². The minimum Gasteiger partial charge on any atom is -0.370 e. The number of nitrogens with one attached hydrogen (secondary N) is 2. The van der Waals surface area contributed by atoms with Gasteiger partial charge in [-0.15, -0.1) is 0 Å². The highest BCUT2D eigenvalue weighted by molar-refractivity contribution is 5.92. The van der Waals surface area contributed by atoms with Gasteiger partial charge in [-0.05, 0) is 39.1 Å². The SMILES string of the molecule is CNCC(=O)Nc1ccc(N(C)C(C)C)c(F)c1. The number of benzene rings is 1. The van der Waals surface area contributed by atoms with Gasteiger partial charge in [0, 0.05) is 18.8 Å². The van der Waals surface area contributed by atoms with Gasteiger partial charge >= 0.3 is 0 Å². The van der Waals surface area contributed by atoms with E-state index < -0.39 is 0 Å². The van der Waals surface area contributed by atoms with Crippen LogP contribution in [0, 0.1) is 5.82 Å². The molecular weight excluding hydrogens is 233 g/mol. The van der Waals surface area contributed by atoms with Crippen LogP contribution in [0.15, 0.2) is 18.2 Å². The van der Waals surface area contributed by atoms with Crippen LogP contribution in [-0.2, 0) is 4.79 Å². The first-order chi connectivity index (χ1) is 8.45. The first-order valence-corrected chi connectivity index (χ1v) is 5.92. The van der Waals surface area contributed by atoms with Gasteiger partial charge in [-0.2, -0.15) is 0 Å². The van der Waals surface area contributed by atoms with Gasteiger partial charge in [-0.3, -0.25) is 4.79 Å². The average Bonchev–Trinajstić information content (AvgIpc) is 2.28. The van der Waals surface area contributed by atoms with Gasteiger partial charge in [0.15, 0.2) is 0 Å². The van der Waals surface area contributed by atoms with Gasteiger partial charge in [-0.1, -0.05) is 0 Å². The predicted octanol–water partition coefficient (Wildman–Crippen LogP) is 1.83. The minimum absolute atomic E-state index is 0.193. The molecule has 0 aliphatic heterocycles. The first-order valence-electron chi connectivity index (χ1n) is 5.92. The van der Waals surface area contributed by atoms with Crippen LogP contribution < -0.4 is 15.5 Å². The summed E-state index contributed by atoms with van der Waals surface area (Å²) in [6.07, 6.45) is 0. The van der Waals surface area contributed by atoms with Crippen LogP contribution in [0.25, 0.3) is 0 Å². The van der Waals surface area contributed by atoms with Crippen LogP contribution in [0.4, 0.5) is 15.8 Å². The Morgan fingerprint density at radius 3 is 2.61 bits per heavy atom. The lowest BCUT2D eigenvalue weighted by Crippen LogP contribution is -2.27. The number of amides is 1. The molecule has 1 amide bonds. The van der Waals surface area contributed by atoms with E-state index in [4.69, 9.17) is 0 Å². The van der Waals surface area contributed by atoms with Gasteiger partial charge in [0.1, 0.15) is 5.82 Å². The second kappa shape index (κ2) is 6.35. The smallest absolute Gasteiger partial charge is 0.238 e. The van der Waals surface area contributed by atoms with Crippen molar-refractivity contribution < 1.29 is 9.18 Å². The molecule has 1 rings (SSSR count). The van der Waals surface area contributed by atoms with Crippen molar-refractivity contribution in [2.75, 3.05) is 30.9 Å². The summed E-state index contributed by atoms with van der Waals surface area (Å²) in [7, 11) is 3.52. The van der Waals surface area contributed by atoms with Crippen molar-refractivity contribution in [3.63, 3.8) is 0 Å². The minimum atomic E-state index is -0.339. The third-order valence-corrected chi connectivity index (χ3v) is 2.72. The molecule has 0 fully saturated rings. The van der Waals surface area contributed by atoms with E-state index >= 15 is 0 Å². The Hall–Kier alpha value is -1.62. The van der Waals surface area contributed by atoms with Crippen molar-refractivity contribution >= 4 is 17.3 Å². The Kier molecular flexibility index (Phi) is 5.09. The number of likely N-dealkylation sites (N-methyl/N-ethyl adjacent to an activating group) is 1. The largest absolute Gasteiger partial charge is 0.370 e. The summed E-state index contributed by atoms with van der Waals surface area (Å²) in [5.41, 5.74) is 0.991. The molecule has 18 heavy (non-hydrogen) atoms. The Balaban J connectivity index is 2.82. The number of nitrogens with zero attached hydrogens (tertiary/aromatic N) is 1. The highest BCUT2D eigenvalue weighted by Gasteiger charge is 2.11. The summed E-state index contributed by atoms with van der Waals surface area (Å²) in [5.74, 6) is -0.532. The number of halogens is 1. The molecule has 0 unspecified atom stereocenters. The molecule has 5 heteroatoms. The molecule has 1 aromatic carbocycles. The van der Waals surface area contributed by atoms with Crippen molar-refractivity contribution in [1.82, 2.24) is 5.32 Å². The van der Waals surface area contributed by atoms with Crippen molar-refractivity contribution in [2.45, 2.75) is 19.9 Å². The maximum absolute atomic E-state index is 13.9. The zero-order chi connectivity index (χ0) is 13.7. The van der Waals surface area contributed by atoms with E-state index in [0.29, 0.717) is 11.4 Å². The van der Waals surface area contributed by atoms with Crippen molar-refractivity contribution in [2.24, 2.45) is 0 Å². The quantitative estimate of drug-likeness (QED) is 0.841. The van der Waals surface area contributed by atoms with Crippen LogP contribution in [0.3, 0.4) is 0 Å².